The predicted octanol–water partition coefficient (Wildman–Crippen LogP) is 0.0132. The van der Waals surface area contributed by atoms with Gasteiger partial charge in [-0.15, -0.1) is 0 Å². The molecule has 3 rings (SSSR count). The summed E-state index contributed by atoms with van der Waals surface area (Å²) in [7, 11) is -4.33. The fourth-order valence-corrected chi connectivity index (χ4v) is 4.10. The van der Waals surface area contributed by atoms with E-state index in [4.69, 9.17) is 0 Å². The van der Waals surface area contributed by atoms with E-state index in [2.05, 4.69) is 9.69 Å². The molecule has 0 saturated carbocycles. The Kier molecular flexibility index (Phi) is 6.21. The van der Waals surface area contributed by atoms with Crippen LogP contribution in [-0.4, -0.2) is 59.2 Å². The Hall–Kier alpha value is -3.52. The molecule has 12 nitrogen and oxygen atoms in total. The Morgan fingerprint density at radius 3 is 2.48 bits per heavy atom. The molecule has 0 aliphatic carbocycles. The fraction of sp³-hybridized carbons (Fsp3) is 0.235. The Labute approximate surface area is 180 Å². The number of nitrogens with zero attached hydrogens (tertiary/aromatic N) is 2. The highest BCUT2D eigenvalue weighted by Gasteiger charge is 2.44. The van der Waals surface area contributed by atoms with E-state index in [0.29, 0.717) is 4.90 Å². The molecule has 1 unspecified atom stereocenters. The summed E-state index contributed by atoms with van der Waals surface area (Å²) in [4.78, 5) is 49.5. The number of carbonyl (C=O) groups is 4. The second-order valence-electron chi connectivity index (χ2n) is 6.53. The number of benzene rings is 1. The fourth-order valence-electron chi connectivity index (χ4n) is 2.77. The highest BCUT2D eigenvalue weighted by Crippen LogP contribution is 2.19. The van der Waals surface area contributed by atoms with Crippen LogP contribution in [0.1, 0.15) is 16.4 Å². The first-order valence-electron chi connectivity index (χ1n) is 8.75. The Morgan fingerprint density at radius 2 is 1.94 bits per heavy atom. The minimum Gasteiger partial charge on any atom is -0.480 e. The van der Waals surface area contributed by atoms with Gasteiger partial charge in [0.05, 0.1) is 6.54 Å². The van der Waals surface area contributed by atoms with Crippen LogP contribution >= 0.6 is 11.5 Å². The second kappa shape index (κ2) is 8.69. The van der Waals surface area contributed by atoms with Gasteiger partial charge in [-0.25, -0.2) is 14.2 Å². The minimum absolute atomic E-state index is 0.0171. The lowest BCUT2D eigenvalue weighted by Gasteiger charge is -2.36. The van der Waals surface area contributed by atoms with Crippen LogP contribution in [-0.2, 0) is 24.6 Å². The number of hydrogen-bond acceptors (Lipinski definition) is 8. The molecule has 1 aromatic heterocycles. The molecule has 4 N–H and O–H groups in total. The van der Waals surface area contributed by atoms with Crippen LogP contribution in [0.4, 0.5) is 10.6 Å². The lowest BCUT2D eigenvalue weighted by molar-refractivity contribution is -0.147. The topological polar surface area (TPSA) is 175 Å². The number of aromatic nitrogens is 1. The standard InChI is InChI=1S/C17H17N5O7S2/c1-9-7-12(19-30-9)20-31(28,29)21-17(27)22-8-11(15(22)24)18-14(23)13(16(25)26)10-5-3-2-4-6-10/h2-7,11,13H,8H2,1H3,(H,18,23)(H,19,20)(H,21,27)(H,25,26)/t11-,13?/m0/s1. The predicted molar refractivity (Wildman–Crippen MR) is 108 cm³/mol. The highest BCUT2D eigenvalue weighted by molar-refractivity contribution is 7.91. The summed E-state index contributed by atoms with van der Waals surface area (Å²) in [5, 5.41) is 11.6. The smallest absolute Gasteiger partial charge is 0.339 e. The number of likely N-dealkylation sites (tertiary alicyclic amines) is 1. The summed E-state index contributed by atoms with van der Waals surface area (Å²) in [5.74, 6) is -4.72. The molecule has 1 aliphatic rings. The lowest BCUT2D eigenvalue weighted by atomic mass is 9.97. The normalized spacial score (nSPS) is 16.7. The average molecular weight is 467 g/mol. The number of rotatable bonds is 7. The molecule has 2 heterocycles. The first-order chi connectivity index (χ1) is 14.6. The van der Waals surface area contributed by atoms with Crippen molar-refractivity contribution in [3.63, 3.8) is 0 Å². The lowest BCUT2D eigenvalue weighted by Crippen LogP contribution is -2.68. The number of imide groups is 1. The molecule has 1 aromatic carbocycles. The van der Waals surface area contributed by atoms with Gasteiger partial charge in [0, 0.05) is 4.88 Å². The number of hydrogen-bond donors (Lipinski definition) is 4. The van der Waals surface area contributed by atoms with Gasteiger partial charge in [-0.2, -0.15) is 12.8 Å². The number of carbonyl (C=O) groups excluding carboxylic acids is 3. The first-order valence-corrected chi connectivity index (χ1v) is 11.0. The van der Waals surface area contributed by atoms with Gasteiger partial charge in [0.1, 0.15) is 6.04 Å². The van der Waals surface area contributed by atoms with Gasteiger partial charge in [-0.05, 0) is 30.1 Å². The van der Waals surface area contributed by atoms with Crippen molar-refractivity contribution in [3.8, 4) is 0 Å². The van der Waals surface area contributed by atoms with Crippen LogP contribution in [0.25, 0.3) is 0 Å². The monoisotopic (exact) mass is 467 g/mol. The molecule has 2 aromatic rings. The molecule has 4 amide bonds. The number of carboxylic acids is 1. The van der Waals surface area contributed by atoms with Crippen LogP contribution in [0.5, 0.6) is 0 Å². The van der Waals surface area contributed by atoms with Gasteiger partial charge in [0.15, 0.2) is 11.7 Å². The molecule has 14 heteroatoms. The first kappa shape index (κ1) is 22.2. The summed E-state index contributed by atoms with van der Waals surface area (Å²) in [5.41, 5.74) is 0.225. The summed E-state index contributed by atoms with van der Waals surface area (Å²) in [6.07, 6.45) is 0. The van der Waals surface area contributed by atoms with Crippen LogP contribution in [0, 0.1) is 6.92 Å². The summed E-state index contributed by atoms with van der Waals surface area (Å²) in [6.45, 7) is 1.40. The van der Waals surface area contributed by atoms with Gasteiger partial charge in [0.2, 0.25) is 5.91 Å². The molecular formula is C17H17N5O7S2. The van der Waals surface area contributed by atoms with Gasteiger partial charge < -0.3 is 10.4 Å². The molecule has 0 radical (unpaired) electrons. The third kappa shape index (κ3) is 5.16. The highest BCUT2D eigenvalue weighted by atomic mass is 32.2. The molecule has 0 spiro atoms. The zero-order chi connectivity index (χ0) is 22.8. The van der Waals surface area contributed by atoms with Gasteiger partial charge in [-0.1, -0.05) is 30.3 Å². The molecule has 2 atom stereocenters. The van der Waals surface area contributed by atoms with Gasteiger partial charge in [-0.3, -0.25) is 19.3 Å². The zero-order valence-corrected chi connectivity index (χ0v) is 17.6. The number of aryl methyl sites for hydroxylation is 1. The number of β-lactam (4-membered cyclic amide) rings is 1. The zero-order valence-electron chi connectivity index (χ0n) is 15.9. The quantitative estimate of drug-likeness (QED) is 0.325. The maximum Gasteiger partial charge on any atom is 0.339 e. The van der Waals surface area contributed by atoms with Crippen LogP contribution in [0.15, 0.2) is 36.4 Å². The minimum atomic E-state index is -4.33. The van der Waals surface area contributed by atoms with Gasteiger partial charge in [0.25, 0.3) is 5.91 Å². The summed E-state index contributed by atoms with van der Waals surface area (Å²) in [6, 6.07) is 6.81. The van der Waals surface area contributed by atoms with Crippen LogP contribution < -0.4 is 14.8 Å². The van der Waals surface area contributed by atoms with E-state index >= 15 is 0 Å². The molecule has 0 bridgehead atoms. The molecule has 1 fully saturated rings. The van der Waals surface area contributed by atoms with E-state index in [9.17, 15) is 32.7 Å². The van der Waals surface area contributed by atoms with E-state index in [1.165, 1.54) is 18.2 Å². The Morgan fingerprint density at radius 1 is 1.26 bits per heavy atom. The third-order valence-electron chi connectivity index (χ3n) is 4.22. The molecule has 1 saturated heterocycles. The van der Waals surface area contributed by atoms with E-state index in [0.717, 1.165) is 16.4 Å². The van der Waals surface area contributed by atoms with Crippen molar-refractivity contribution in [2.75, 3.05) is 11.3 Å². The van der Waals surface area contributed by atoms with Crippen molar-refractivity contribution in [1.29, 1.82) is 0 Å². The van der Waals surface area contributed by atoms with Crippen molar-refractivity contribution in [3.05, 3.63) is 46.8 Å². The van der Waals surface area contributed by atoms with Crippen LogP contribution in [0.2, 0.25) is 0 Å². The van der Waals surface area contributed by atoms with Crippen molar-refractivity contribution in [1.82, 2.24) is 19.3 Å². The van der Waals surface area contributed by atoms with Crippen molar-refractivity contribution < 1.29 is 32.7 Å². The van der Waals surface area contributed by atoms with Crippen molar-refractivity contribution in [2.24, 2.45) is 0 Å². The summed E-state index contributed by atoms with van der Waals surface area (Å²) >= 11 is 1.06. The van der Waals surface area contributed by atoms with E-state index < -0.39 is 46.0 Å². The van der Waals surface area contributed by atoms with E-state index in [-0.39, 0.29) is 17.9 Å². The third-order valence-corrected chi connectivity index (χ3v) is 5.84. The molecule has 164 valence electrons. The number of urea groups is 1. The van der Waals surface area contributed by atoms with E-state index in [1.54, 1.807) is 29.8 Å². The number of aliphatic carboxylic acids is 1. The Bertz CT molecular complexity index is 1130. The molecular weight excluding hydrogens is 450 g/mol. The number of amides is 4. The Balaban J connectivity index is 1.57. The maximum atomic E-state index is 12.4. The largest absolute Gasteiger partial charge is 0.480 e. The van der Waals surface area contributed by atoms with E-state index in [1.807, 2.05) is 4.72 Å². The van der Waals surface area contributed by atoms with Gasteiger partial charge >= 0.3 is 22.2 Å². The van der Waals surface area contributed by atoms with Crippen LogP contribution in [0.3, 0.4) is 0 Å². The van der Waals surface area contributed by atoms with Crippen molar-refractivity contribution in [2.45, 2.75) is 18.9 Å². The number of nitrogens with one attached hydrogen (secondary N) is 3. The van der Waals surface area contributed by atoms with Crippen molar-refractivity contribution >= 4 is 51.4 Å². The number of anilines is 1. The number of carboxylic acid groups (broad SMARTS) is 1. The molecule has 31 heavy (non-hydrogen) atoms. The average Bonchev–Trinajstić information content (AvgIpc) is 3.08. The second-order valence-corrected chi connectivity index (χ2v) is 8.95. The SMILES string of the molecule is Cc1cc(NS(=O)(=O)NC(=O)N2C[C@H](NC(=O)C(C(=O)O)c3ccccc3)C2=O)ns1. The maximum absolute atomic E-state index is 12.4. The summed E-state index contributed by atoms with van der Waals surface area (Å²) < 4.78 is 31.5. The molecule has 1 aliphatic heterocycles.